The van der Waals surface area contributed by atoms with Crippen molar-refractivity contribution < 1.29 is 14.3 Å². The third kappa shape index (κ3) is 2.67. The van der Waals surface area contributed by atoms with Crippen LogP contribution in [0.1, 0.15) is 20.8 Å². The predicted octanol–water partition coefficient (Wildman–Crippen LogP) is -0.146. The number of rotatable bonds is 3. The van der Waals surface area contributed by atoms with E-state index in [1.165, 1.54) is 13.8 Å². The van der Waals surface area contributed by atoms with Gasteiger partial charge in [0.15, 0.2) is 11.9 Å². The van der Waals surface area contributed by atoms with E-state index >= 15 is 0 Å². The third-order valence-corrected chi connectivity index (χ3v) is 1.50. The largest absolute Gasteiger partial charge is 0.450 e. The number of aldehydes is 1. The van der Waals surface area contributed by atoms with Gasteiger partial charge in [0.1, 0.15) is 0 Å². The van der Waals surface area contributed by atoms with Crippen LogP contribution in [0.3, 0.4) is 0 Å². The Hall–Kier alpha value is -0.900. The summed E-state index contributed by atoms with van der Waals surface area (Å²) in [5.74, 6) is -0.503. The number of nitrogens with two attached hydrogens (primary N) is 1. The molecule has 0 fully saturated rings. The van der Waals surface area contributed by atoms with E-state index in [-0.39, 0.29) is 0 Å². The van der Waals surface area contributed by atoms with Crippen LogP contribution in [0, 0.1) is 0 Å². The van der Waals surface area contributed by atoms with Crippen LogP contribution in [0.25, 0.3) is 0 Å². The number of hydrogen-bond acceptors (Lipinski definition) is 4. The molecule has 0 saturated heterocycles. The van der Waals surface area contributed by atoms with E-state index < -0.39 is 17.6 Å². The van der Waals surface area contributed by atoms with Crippen LogP contribution < -0.4 is 5.73 Å². The number of carbonyl (C=O) groups excluding carboxylic acids is 2. The first-order valence-electron chi connectivity index (χ1n) is 3.34. The fraction of sp³-hybridized carbons (Fsp3) is 0.714. The van der Waals surface area contributed by atoms with Crippen molar-refractivity contribution in [2.75, 3.05) is 0 Å². The van der Waals surface area contributed by atoms with Gasteiger partial charge in [-0.2, -0.15) is 0 Å². The highest BCUT2D eigenvalue weighted by atomic mass is 16.6. The standard InChI is InChI=1S/C7H13NO3/c1-5(8)7(3,4-9)11-6(2)10/h4-5H,8H2,1-3H3. The van der Waals surface area contributed by atoms with Crippen molar-refractivity contribution in [2.45, 2.75) is 32.4 Å². The topological polar surface area (TPSA) is 69.4 Å². The molecular weight excluding hydrogens is 146 g/mol. The maximum Gasteiger partial charge on any atom is 0.303 e. The normalized spacial score (nSPS) is 18.2. The zero-order valence-electron chi connectivity index (χ0n) is 6.96. The maximum atomic E-state index is 10.5. The second-order valence-electron chi connectivity index (χ2n) is 2.68. The molecule has 0 radical (unpaired) electrons. The molecule has 2 atom stereocenters. The molecule has 0 saturated carbocycles. The van der Waals surface area contributed by atoms with Gasteiger partial charge in [-0.1, -0.05) is 0 Å². The molecule has 4 heteroatoms. The summed E-state index contributed by atoms with van der Waals surface area (Å²) in [5.41, 5.74) is 4.23. The molecule has 0 rings (SSSR count). The summed E-state index contributed by atoms with van der Waals surface area (Å²) in [4.78, 5) is 20.9. The molecular formula is C7H13NO3. The zero-order chi connectivity index (χ0) is 9.07. The van der Waals surface area contributed by atoms with Gasteiger partial charge in [-0.3, -0.25) is 9.59 Å². The van der Waals surface area contributed by atoms with Gasteiger partial charge in [-0.25, -0.2) is 0 Å². The smallest absolute Gasteiger partial charge is 0.303 e. The molecule has 0 aliphatic rings. The van der Waals surface area contributed by atoms with E-state index in [2.05, 4.69) is 0 Å². The van der Waals surface area contributed by atoms with Crippen molar-refractivity contribution in [3.8, 4) is 0 Å². The Kier molecular flexibility index (Phi) is 3.19. The fourth-order valence-corrected chi connectivity index (χ4v) is 0.534. The van der Waals surface area contributed by atoms with E-state index in [1.807, 2.05) is 0 Å². The Bertz CT molecular complexity index is 167. The molecule has 64 valence electrons. The molecule has 0 aliphatic carbocycles. The maximum absolute atomic E-state index is 10.5. The summed E-state index contributed by atoms with van der Waals surface area (Å²) >= 11 is 0. The van der Waals surface area contributed by atoms with Gasteiger partial charge in [-0.05, 0) is 13.8 Å². The lowest BCUT2D eigenvalue weighted by atomic mass is 10.0. The predicted molar refractivity (Wildman–Crippen MR) is 39.9 cm³/mol. The van der Waals surface area contributed by atoms with E-state index in [4.69, 9.17) is 10.5 Å². The Morgan fingerprint density at radius 3 is 2.27 bits per heavy atom. The van der Waals surface area contributed by atoms with Gasteiger partial charge in [0.2, 0.25) is 0 Å². The molecule has 0 heterocycles. The van der Waals surface area contributed by atoms with Gasteiger partial charge in [-0.15, -0.1) is 0 Å². The second-order valence-corrected chi connectivity index (χ2v) is 2.68. The SMILES string of the molecule is CC(=O)OC(C)(C=O)C(C)N. The van der Waals surface area contributed by atoms with Gasteiger partial charge >= 0.3 is 5.97 Å². The average molecular weight is 159 g/mol. The minimum atomic E-state index is -1.19. The lowest BCUT2D eigenvalue weighted by Crippen LogP contribution is -2.48. The van der Waals surface area contributed by atoms with Gasteiger partial charge < -0.3 is 10.5 Å². The molecule has 4 nitrogen and oxygen atoms in total. The minimum Gasteiger partial charge on any atom is -0.450 e. The first kappa shape index (κ1) is 10.1. The average Bonchev–Trinajstić information content (AvgIpc) is 1.86. The Balaban J connectivity index is 4.34. The molecule has 0 spiro atoms. The second kappa shape index (κ2) is 3.48. The van der Waals surface area contributed by atoms with Crippen molar-refractivity contribution in [1.29, 1.82) is 0 Å². The zero-order valence-corrected chi connectivity index (χ0v) is 6.96. The Morgan fingerprint density at radius 1 is 1.73 bits per heavy atom. The summed E-state index contributed by atoms with van der Waals surface area (Å²) in [6.07, 6.45) is 0.541. The van der Waals surface area contributed by atoms with E-state index in [0.29, 0.717) is 6.29 Å². The molecule has 0 amide bonds. The highest BCUT2D eigenvalue weighted by molar-refractivity contribution is 5.73. The van der Waals surface area contributed by atoms with Gasteiger partial charge in [0.25, 0.3) is 0 Å². The molecule has 0 bridgehead atoms. The quantitative estimate of drug-likeness (QED) is 0.459. The van der Waals surface area contributed by atoms with Crippen LogP contribution in [0.15, 0.2) is 0 Å². The number of carbonyl (C=O) groups is 2. The summed E-state index contributed by atoms with van der Waals surface area (Å²) in [6.45, 7) is 4.33. The number of ether oxygens (including phenoxy) is 1. The van der Waals surface area contributed by atoms with Crippen LogP contribution in [-0.4, -0.2) is 23.9 Å². The monoisotopic (exact) mass is 159 g/mol. The molecule has 11 heavy (non-hydrogen) atoms. The van der Waals surface area contributed by atoms with Crippen LogP contribution in [-0.2, 0) is 14.3 Å². The summed E-state index contributed by atoms with van der Waals surface area (Å²) in [5, 5.41) is 0. The number of hydrogen-bond donors (Lipinski definition) is 1. The highest BCUT2D eigenvalue weighted by Gasteiger charge is 2.31. The molecule has 0 aromatic heterocycles. The van der Waals surface area contributed by atoms with E-state index in [1.54, 1.807) is 6.92 Å². The van der Waals surface area contributed by atoms with Crippen molar-refractivity contribution in [1.82, 2.24) is 0 Å². The summed E-state index contributed by atoms with van der Waals surface area (Å²) < 4.78 is 4.72. The first-order valence-corrected chi connectivity index (χ1v) is 3.34. The van der Waals surface area contributed by atoms with Crippen molar-refractivity contribution >= 4 is 12.3 Å². The Morgan fingerprint density at radius 2 is 2.18 bits per heavy atom. The number of esters is 1. The van der Waals surface area contributed by atoms with Crippen molar-refractivity contribution in [3.05, 3.63) is 0 Å². The van der Waals surface area contributed by atoms with E-state index in [0.717, 1.165) is 0 Å². The van der Waals surface area contributed by atoms with E-state index in [9.17, 15) is 9.59 Å². The van der Waals surface area contributed by atoms with Crippen molar-refractivity contribution in [2.24, 2.45) is 5.73 Å². The van der Waals surface area contributed by atoms with Crippen LogP contribution in [0.4, 0.5) is 0 Å². The fourth-order valence-electron chi connectivity index (χ4n) is 0.534. The first-order chi connectivity index (χ1) is 4.92. The summed E-state index contributed by atoms with van der Waals surface area (Å²) in [6, 6.07) is -0.496. The highest BCUT2D eigenvalue weighted by Crippen LogP contribution is 2.10. The molecule has 0 aromatic rings. The lowest BCUT2D eigenvalue weighted by molar-refractivity contribution is -0.160. The van der Waals surface area contributed by atoms with Crippen LogP contribution >= 0.6 is 0 Å². The third-order valence-electron chi connectivity index (χ3n) is 1.50. The minimum absolute atomic E-state index is 0.496. The van der Waals surface area contributed by atoms with Crippen LogP contribution in [0.5, 0.6) is 0 Å². The lowest BCUT2D eigenvalue weighted by Gasteiger charge is -2.26. The Labute approximate surface area is 65.7 Å². The van der Waals surface area contributed by atoms with Gasteiger partial charge in [0.05, 0.1) is 0 Å². The van der Waals surface area contributed by atoms with Crippen molar-refractivity contribution in [3.63, 3.8) is 0 Å². The molecule has 2 unspecified atom stereocenters. The van der Waals surface area contributed by atoms with Gasteiger partial charge in [0, 0.05) is 13.0 Å². The molecule has 0 aliphatic heterocycles. The summed E-state index contributed by atoms with van der Waals surface area (Å²) in [7, 11) is 0. The molecule has 2 N–H and O–H groups in total. The molecule has 0 aromatic carbocycles. The van der Waals surface area contributed by atoms with Crippen LogP contribution in [0.2, 0.25) is 0 Å².